The SMILES string of the molecule is O=C(NCCC(O)C(O)c1ccc(F)c(C(=O)O)c1)OCc1ccccc1. The van der Waals surface area contributed by atoms with E-state index in [1.165, 1.54) is 6.07 Å². The minimum Gasteiger partial charge on any atom is -0.478 e. The molecule has 2 atom stereocenters. The second-order valence-corrected chi connectivity index (χ2v) is 5.83. The van der Waals surface area contributed by atoms with Crippen LogP contribution in [0.3, 0.4) is 0 Å². The van der Waals surface area contributed by atoms with E-state index in [4.69, 9.17) is 9.84 Å². The van der Waals surface area contributed by atoms with E-state index >= 15 is 0 Å². The number of aromatic carboxylic acids is 1. The van der Waals surface area contributed by atoms with Gasteiger partial charge < -0.3 is 25.4 Å². The van der Waals surface area contributed by atoms with E-state index in [1.54, 1.807) is 0 Å². The topological polar surface area (TPSA) is 116 Å². The van der Waals surface area contributed by atoms with E-state index in [1.807, 2.05) is 30.3 Å². The van der Waals surface area contributed by atoms with Gasteiger partial charge in [0.2, 0.25) is 0 Å². The molecule has 7 nitrogen and oxygen atoms in total. The molecule has 2 rings (SSSR count). The number of carbonyl (C=O) groups is 2. The van der Waals surface area contributed by atoms with Crippen LogP contribution in [0, 0.1) is 5.82 Å². The highest BCUT2D eigenvalue weighted by molar-refractivity contribution is 5.88. The molecule has 1 amide bonds. The van der Waals surface area contributed by atoms with Crippen LogP contribution in [0.1, 0.15) is 34.0 Å². The van der Waals surface area contributed by atoms with Gasteiger partial charge in [-0.05, 0) is 29.7 Å². The van der Waals surface area contributed by atoms with Crippen LogP contribution in [-0.2, 0) is 11.3 Å². The Kier molecular flexibility index (Phi) is 7.27. The standard InChI is InChI=1S/C19H20FNO6/c20-15-7-6-13(10-14(15)18(24)25)17(23)16(22)8-9-21-19(26)27-11-12-4-2-1-3-5-12/h1-7,10,16-17,22-23H,8-9,11H2,(H,21,26)(H,24,25). The average molecular weight is 377 g/mol. The average Bonchev–Trinajstić information content (AvgIpc) is 2.66. The molecule has 0 fully saturated rings. The third kappa shape index (κ3) is 6.05. The first-order chi connectivity index (χ1) is 12.9. The van der Waals surface area contributed by atoms with Gasteiger partial charge in [-0.3, -0.25) is 0 Å². The second-order valence-electron chi connectivity index (χ2n) is 5.83. The number of carboxylic acid groups (broad SMARTS) is 1. The normalized spacial score (nSPS) is 12.9. The predicted molar refractivity (Wildman–Crippen MR) is 93.6 cm³/mol. The van der Waals surface area contributed by atoms with Crippen molar-refractivity contribution in [2.45, 2.75) is 25.2 Å². The summed E-state index contributed by atoms with van der Waals surface area (Å²) in [6.07, 6.45) is -3.39. The van der Waals surface area contributed by atoms with Crippen LogP contribution in [-0.4, -0.2) is 40.0 Å². The van der Waals surface area contributed by atoms with E-state index in [0.717, 1.165) is 17.7 Å². The summed E-state index contributed by atoms with van der Waals surface area (Å²) in [6, 6.07) is 12.2. The molecule has 8 heteroatoms. The Morgan fingerprint density at radius 1 is 1.11 bits per heavy atom. The maximum Gasteiger partial charge on any atom is 0.407 e. The van der Waals surface area contributed by atoms with Crippen LogP contribution >= 0.6 is 0 Å². The molecule has 0 aliphatic heterocycles. The van der Waals surface area contributed by atoms with Gasteiger partial charge in [0.15, 0.2) is 0 Å². The number of rotatable bonds is 8. The zero-order valence-electron chi connectivity index (χ0n) is 14.3. The van der Waals surface area contributed by atoms with Gasteiger partial charge >= 0.3 is 12.1 Å². The largest absolute Gasteiger partial charge is 0.478 e. The number of benzene rings is 2. The molecular weight excluding hydrogens is 357 g/mol. The lowest BCUT2D eigenvalue weighted by molar-refractivity contribution is 0.0135. The van der Waals surface area contributed by atoms with Crippen LogP contribution in [0.2, 0.25) is 0 Å². The van der Waals surface area contributed by atoms with E-state index in [-0.39, 0.29) is 25.1 Å². The molecule has 0 aromatic heterocycles. The summed E-state index contributed by atoms with van der Waals surface area (Å²) in [6.45, 7) is 0.129. The highest BCUT2D eigenvalue weighted by Gasteiger charge is 2.21. The number of aliphatic hydroxyl groups is 2. The van der Waals surface area contributed by atoms with Crippen molar-refractivity contribution in [2.24, 2.45) is 0 Å². The van der Waals surface area contributed by atoms with Crippen LogP contribution in [0.5, 0.6) is 0 Å². The van der Waals surface area contributed by atoms with Crippen molar-refractivity contribution >= 4 is 12.1 Å². The Labute approximate surface area is 155 Å². The number of nitrogens with one attached hydrogen (secondary N) is 1. The number of ether oxygens (including phenoxy) is 1. The molecule has 0 aliphatic carbocycles. The predicted octanol–water partition coefficient (Wildman–Crippen LogP) is 2.23. The maximum atomic E-state index is 13.4. The lowest BCUT2D eigenvalue weighted by Crippen LogP contribution is -2.29. The van der Waals surface area contributed by atoms with Crippen LogP contribution in [0.4, 0.5) is 9.18 Å². The number of aliphatic hydroxyl groups excluding tert-OH is 2. The molecule has 144 valence electrons. The summed E-state index contributed by atoms with van der Waals surface area (Å²) in [7, 11) is 0. The van der Waals surface area contributed by atoms with Gasteiger partial charge in [0, 0.05) is 6.54 Å². The summed E-state index contributed by atoms with van der Waals surface area (Å²) in [5, 5.41) is 31.4. The Hall–Kier alpha value is -2.97. The third-order valence-corrected chi connectivity index (χ3v) is 3.85. The van der Waals surface area contributed by atoms with Crippen molar-refractivity contribution in [3.8, 4) is 0 Å². The summed E-state index contributed by atoms with van der Waals surface area (Å²) in [5.74, 6) is -2.41. The maximum absolute atomic E-state index is 13.4. The molecule has 0 saturated carbocycles. The number of carboxylic acids is 1. The lowest BCUT2D eigenvalue weighted by atomic mass is 10.00. The molecule has 0 aliphatic rings. The van der Waals surface area contributed by atoms with Crippen molar-refractivity contribution in [1.82, 2.24) is 5.32 Å². The summed E-state index contributed by atoms with van der Waals surface area (Å²) >= 11 is 0. The number of halogens is 1. The number of hydrogen-bond acceptors (Lipinski definition) is 5. The molecule has 2 aromatic carbocycles. The summed E-state index contributed by atoms with van der Waals surface area (Å²) in [5.41, 5.74) is 0.294. The van der Waals surface area contributed by atoms with Crippen molar-refractivity contribution in [3.05, 3.63) is 71.0 Å². The molecule has 0 bridgehead atoms. The highest BCUT2D eigenvalue weighted by Crippen LogP contribution is 2.21. The van der Waals surface area contributed by atoms with Gasteiger partial charge in [-0.1, -0.05) is 36.4 Å². The smallest absolute Gasteiger partial charge is 0.407 e. The fourth-order valence-corrected chi connectivity index (χ4v) is 2.37. The van der Waals surface area contributed by atoms with Crippen molar-refractivity contribution in [2.75, 3.05) is 6.54 Å². The molecule has 0 saturated heterocycles. The molecule has 0 heterocycles. The van der Waals surface area contributed by atoms with Crippen molar-refractivity contribution < 1.29 is 34.0 Å². The van der Waals surface area contributed by atoms with Crippen LogP contribution in [0.25, 0.3) is 0 Å². The molecule has 2 unspecified atom stereocenters. The first kappa shape index (κ1) is 20.3. The lowest BCUT2D eigenvalue weighted by Gasteiger charge is -2.19. The quantitative estimate of drug-likeness (QED) is 0.561. The van der Waals surface area contributed by atoms with E-state index < -0.39 is 35.7 Å². The minimum absolute atomic E-state index is 0.0125. The van der Waals surface area contributed by atoms with Crippen molar-refractivity contribution in [1.29, 1.82) is 0 Å². The van der Waals surface area contributed by atoms with Gasteiger partial charge in [-0.2, -0.15) is 0 Å². The monoisotopic (exact) mass is 377 g/mol. The van der Waals surface area contributed by atoms with Gasteiger partial charge in [-0.25, -0.2) is 14.0 Å². The molecule has 0 radical (unpaired) electrons. The molecule has 4 N–H and O–H groups in total. The van der Waals surface area contributed by atoms with E-state index in [2.05, 4.69) is 5.32 Å². The van der Waals surface area contributed by atoms with Gasteiger partial charge in [-0.15, -0.1) is 0 Å². The van der Waals surface area contributed by atoms with Gasteiger partial charge in [0.1, 0.15) is 18.5 Å². The Morgan fingerprint density at radius 2 is 1.81 bits per heavy atom. The zero-order valence-corrected chi connectivity index (χ0v) is 14.3. The van der Waals surface area contributed by atoms with E-state index in [9.17, 15) is 24.2 Å². The van der Waals surface area contributed by atoms with Gasteiger partial charge in [0.05, 0.1) is 11.7 Å². The Morgan fingerprint density at radius 3 is 2.48 bits per heavy atom. The van der Waals surface area contributed by atoms with Gasteiger partial charge in [0.25, 0.3) is 0 Å². The van der Waals surface area contributed by atoms with E-state index in [0.29, 0.717) is 0 Å². The number of hydrogen-bond donors (Lipinski definition) is 4. The fraction of sp³-hybridized carbons (Fsp3) is 0.263. The van der Waals surface area contributed by atoms with Crippen LogP contribution < -0.4 is 5.32 Å². The Balaban J connectivity index is 1.79. The highest BCUT2D eigenvalue weighted by atomic mass is 19.1. The molecule has 27 heavy (non-hydrogen) atoms. The molecule has 2 aromatic rings. The van der Waals surface area contributed by atoms with Crippen LogP contribution in [0.15, 0.2) is 48.5 Å². The zero-order chi connectivity index (χ0) is 19.8. The first-order valence-electron chi connectivity index (χ1n) is 8.22. The third-order valence-electron chi connectivity index (χ3n) is 3.85. The first-order valence-corrected chi connectivity index (χ1v) is 8.22. The Bertz CT molecular complexity index is 783. The molecular formula is C19H20FNO6. The number of alkyl carbamates (subject to hydrolysis) is 1. The summed E-state index contributed by atoms with van der Waals surface area (Å²) in [4.78, 5) is 22.5. The number of carbonyl (C=O) groups excluding carboxylic acids is 1. The minimum atomic E-state index is -1.47. The molecule has 0 spiro atoms. The second kappa shape index (κ2) is 9.65. The number of amides is 1. The van der Waals surface area contributed by atoms with Crippen molar-refractivity contribution in [3.63, 3.8) is 0 Å². The fourth-order valence-electron chi connectivity index (χ4n) is 2.37. The summed E-state index contributed by atoms with van der Waals surface area (Å²) < 4.78 is 18.4.